The average molecular weight is 1120 g/mol. The van der Waals surface area contributed by atoms with Crippen LogP contribution in [0.5, 0.6) is 0 Å². The molecule has 6 nitrogen and oxygen atoms in total. The van der Waals surface area contributed by atoms with Crippen molar-refractivity contribution in [2.75, 3.05) is 13.2 Å². The Labute approximate surface area is 497 Å². The van der Waals surface area contributed by atoms with Gasteiger partial charge in [-0.1, -0.05) is 325 Å². The first-order chi connectivity index (χ1) is 39.5. The minimum atomic E-state index is -0.788. The molecule has 0 aromatic carbocycles. The van der Waals surface area contributed by atoms with Crippen molar-refractivity contribution in [2.45, 2.75) is 367 Å². The summed E-state index contributed by atoms with van der Waals surface area (Å²) < 4.78 is 17.0. The number of carbonyl (C=O) groups excluding carboxylic acids is 3. The van der Waals surface area contributed by atoms with E-state index in [0.717, 1.165) is 109 Å². The van der Waals surface area contributed by atoms with Crippen molar-refractivity contribution in [1.82, 2.24) is 0 Å². The summed E-state index contributed by atoms with van der Waals surface area (Å²) >= 11 is 0. The van der Waals surface area contributed by atoms with E-state index in [-0.39, 0.29) is 31.1 Å². The fraction of sp³-hybridized carbons (Fsp3) is 0.797. The predicted octanol–water partition coefficient (Wildman–Crippen LogP) is 24.1. The van der Waals surface area contributed by atoms with Gasteiger partial charge in [0.05, 0.1) is 0 Å². The summed E-state index contributed by atoms with van der Waals surface area (Å²) in [6.07, 6.45) is 89.2. The number of rotatable bonds is 64. The first-order valence-corrected chi connectivity index (χ1v) is 34.9. The monoisotopic (exact) mass is 1120 g/mol. The molecule has 0 fully saturated rings. The average Bonchev–Trinajstić information content (AvgIpc) is 3.46. The van der Waals surface area contributed by atoms with E-state index in [4.69, 9.17) is 14.2 Å². The van der Waals surface area contributed by atoms with Crippen LogP contribution in [0.25, 0.3) is 0 Å². The first-order valence-electron chi connectivity index (χ1n) is 34.9. The summed E-state index contributed by atoms with van der Waals surface area (Å²) in [7, 11) is 0. The molecule has 0 aliphatic heterocycles. The number of hydrogen-bond acceptors (Lipinski definition) is 6. The zero-order valence-corrected chi connectivity index (χ0v) is 53.3. The van der Waals surface area contributed by atoms with E-state index in [2.05, 4.69) is 93.7 Å². The van der Waals surface area contributed by atoms with Gasteiger partial charge in [-0.05, 0) is 89.9 Å². The molecule has 0 aliphatic rings. The molecule has 0 bridgehead atoms. The highest BCUT2D eigenvalue weighted by Crippen LogP contribution is 2.18. The quantitative estimate of drug-likeness (QED) is 0.0261. The van der Waals surface area contributed by atoms with E-state index in [0.29, 0.717) is 19.3 Å². The Hall–Kier alpha value is -3.15. The minimum Gasteiger partial charge on any atom is -0.462 e. The largest absolute Gasteiger partial charge is 0.462 e. The lowest BCUT2D eigenvalue weighted by atomic mass is 10.0. The van der Waals surface area contributed by atoms with Gasteiger partial charge in [-0.2, -0.15) is 0 Å². The smallest absolute Gasteiger partial charge is 0.306 e. The van der Waals surface area contributed by atoms with Gasteiger partial charge in [0.1, 0.15) is 13.2 Å². The molecular formula is C74H132O6. The topological polar surface area (TPSA) is 78.9 Å². The van der Waals surface area contributed by atoms with Crippen LogP contribution in [0.3, 0.4) is 0 Å². The normalized spacial score (nSPS) is 12.5. The van der Waals surface area contributed by atoms with Gasteiger partial charge in [0, 0.05) is 19.3 Å². The molecule has 464 valence electrons. The number of hydrogen-bond donors (Lipinski definition) is 0. The second-order valence-corrected chi connectivity index (χ2v) is 23.4. The molecule has 0 spiro atoms. The van der Waals surface area contributed by atoms with Crippen molar-refractivity contribution < 1.29 is 28.6 Å². The molecule has 0 saturated heterocycles. The maximum absolute atomic E-state index is 13.0. The number of carbonyl (C=O) groups is 3. The van der Waals surface area contributed by atoms with Gasteiger partial charge >= 0.3 is 17.9 Å². The van der Waals surface area contributed by atoms with Crippen LogP contribution in [-0.2, 0) is 28.6 Å². The van der Waals surface area contributed by atoms with Crippen LogP contribution in [0.1, 0.15) is 361 Å². The Morgan fingerprint density at radius 1 is 0.263 bits per heavy atom. The van der Waals surface area contributed by atoms with E-state index in [1.807, 2.05) is 0 Å². The van der Waals surface area contributed by atoms with Gasteiger partial charge in [-0.15, -0.1) is 0 Å². The van der Waals surface area contributed by atoms with Crippen LogP contribution in [0.4, 0.5) is 0 Å². The SMILES string of the molecule is CC/C=C\C/C=C\C/C=C\CCCCCCCCCC(=O)OCC(COC(=O)CCCCCCCCCCCCCCCCCCCCCCCCCC)OC(=O)CCCCCCCC/C=C\C/C=C\C/C=C\CCCCCCC. The van der Waals surface area contributed by atoms with Gasteiger partial charge in [0.15, 0.2) is 6.10 Å². The van der Waals surface area contributed by atoms with Crippen molar-refractivity contribution in [1.29, 1.82) is 0 Å². The summed E-state index contributed by atoms with van der Waals surface area (Å²) in [5.41, 5.74) is 0. The molecule has 0 radical (unpaired) electrons. The van der Waals surface area contributed by atoms with E-state index < -0.39 is 6.10 Å². The van der Waals surface area contributed by atoms with Crippen LogP contribution in [-0.4, -0.2) is 37.2 Å². The summed E-state index contributed by atoms with van der Waals surface area (Å²) in [6.45, 7) is 6.56. The summed E-state index contributed by atoms with van der Waals surface area (Å²) in [4.78, 5) is 38.5. The van der Waals surface area contributed by atoms with E-state index in [9.17, 15) is 14.4 Å². The number of ether oxygens (including phenoxy) is 3. The van der Waals surface area contributed by atoms with Gasteiger partial charge < -0.3 is 14.2 Å². The van der Waals surface area contributed by atoms with Crippen LogP contribution in [0, 0.1) is 0 Å². The minimum absolute atomic E-state index is 0.0809. The van der Waals surface area contributed by atoms with Gasteiger partial charge in [0.25, 0.3) is 0 Å². The second-order valence-electron chi connectivity index (χ2n) is 23.4. The summed E-state index contributed by atoms with van der Waals surface area (Å²) in [5.74, 6) is -0.883. The van der Waals surface area contributed by atoms with Crippen LogP contribution >= 0.6 is 0 Å². The number of esters is 3. The molecule has 1 unspecified atom stereocenters. The van der Waals surface area contributed by atoms with E-state index in [1.165, 1.54) is 212 Å². The number of allylic oxidation sites excluding steroid dienone is 12. The predicted molar refractivity (Wildman–Crippen MR) is 348 cm³/mol. The highest BCUT2D eigenvalue weighted by atomic mass is 16.6. The van der Waals surface area contributed by atoms with E-state index >= 15 is 0 Å². The van der Waals surface area contributed by atoms with Crippen molar-refractivity contribution in [3.05, 3.63) is 72.9 Å². The molecule has 80 heavy (non-hydrogen) atoms. The lowest BCUT2D eigenvalue weighted by molar-refractivity contribution is -0.167. The Balaban J connectivity index is 4.35. The Bertz CT molecular complexity index is 1470. The van der Waals surface area contributed by atoms with Crippen LogP contribution in [0.15, 0.2) is 72.9 Å². The molecule has 0 N–H and O–H groups in total. The molecule has 0 heterocycles. The van der Waals surface area contributed by atoms with Crippen LogP contribution < -0.4 is 0 Å². The lowest BCUT2D eigenvalue weighted by Crippen LogP contribution is -2.30. The molecule has 1 atom stereocenters. The second kappa shape index (κ2) is 68.3. The Kier molecular flexibility index (Phi) is 65.7. The highest BCUT2D eigenvalue weighted by Gasteiger charge is 2.19. The molecule has 0 rings (SSSR count). The molecule has 6 heteroatoms. The zero-order chi connectivity index (χ0) is 57.8. The van der Waals surface area contributed by atoms with Gasteiger partial charge in [0.2, 0.25) is 0 Å². The Morgan fingerprint density at radius 3 is 0.762 bits per heavy atom. The zero-order valence-electron chi connectivity index (χ0n) is 53.3. The van der Waals surface area contributed by atoms with Crippen molar-refractivity contribution in [2.24, 2.45) is 0 Å². The number of unbranched alkanes of at least 4 members (excludes halogenated alkanes) is 41. The third-order valence-electron chi connectivity index (χ3n) is 15.4. The fourth-order valence-corrected chi connectivity index (χ4v) is 10.2. The summed E-state index contributed by atoms with van der Waals surface area (Å²) in [5, 5.41) is 0. The van der Waals surface area contributed by atoms with Gasteiger partial charge in [-0.25, -0.2) is 0 Å². The third-order valence-corrected chi connectivity index (χ3v) is 15.4. The van der Waals surface area contributed by atoms with Crippen molar-refractivity contribution >= 4 is 17.9 Å². The maximum Gasteiger partial charge on any atom is 0.306 e. The summed E-state index contributed by atoms with van der Waals surface area (Å²) in [6, 6.07) is 0. The van der Waals surface area contributed by atoms with Crippen molar-refractivity contribution in [3.8, 4) is 0 Å². The molecule has 0 aromatic rings. The fourth-order valence-electron chi connectivity index (χ4n) is 10.2. The lowest BCUT2D eigenvalue weighted by Gasteiger charge is -2.18. The standard InChI is InChI=1S/C74H132O6/c1-4-7-10-13-16-19-22-25-28-31-33-35-36-37-39-40-43-46-49-52-55-58-61-64-67-73(76)79-70-71(69-78-72(75)66-63-60-57-54-51-48-45-42-30-27-24-21-18-15-12-9-6-3)80-74(77)68-65-62-59-56-53-50-47-44-41-38-34-32-29-26-23-20-17-14-11-8-5-2/h9,12,18,21,23,26-27,30,32,34,41,44,71H,4-8,10-11,13-17,19-20,22,24-25,28-29,31,33,35-40,42-43,45-70H2,1-3H3/b12-9-,21-18-,26-23-,30-27-,34-32-,44-41-. The molecule has 0 aromatic heterocycles. The maximum atomic E-state index is 13.0. The van der Waals surface area contributed by atoms with Crippen molar-refractivity contribution in [3.63, 3.8) is 0 Å². The molecule has 0 amide bonds. The molecular weight excluding hydrogens is 985 g/mol. The molecule has 0 saturated carbocycles. The Morgan fingerprint density at radius 2 is 0.487 bits per heavy atom. The highest BCUT2D eigenvalue weighted by molar-refractivity contribution is 5.71. The third kappa shape index (κ3) is 65.7. The van der Waals surface area contributed by atoms with Gasteiger partial charge in [-0.3, -0.25) is 14.4 Å². The first kappa shape index (κ1) is 76.9. The molecule has 0 aliphatic carbocycles. The van der Waals surface area contributed by atoms with E-state index in [1.54, 1.807) is 0 Å². The van der Waals surface area contributed by atoms with Crippen LogP contribution in [0.2, 0.25) is 0 Å².